The molecule has 1 N–H and O–H groups in total. The molecule has 8 nitrogen and oxygen atoms in total. The van der Waals surface area contributed by atoms with E-state index in [4.69, 9.17) is 4.74 Å². The first-order valence-corrected chi connectivity index (χ1v) is 11.6. The SMILES string of the molecule is CC(C)(C)OC(=O)N1CCC[C@@H](Nc2nnc(-c3ccc(C(F)(F)F)cc3OC(F)F)c3cccn23)C1. The highest BCUT2D eigenvalue weighted by atomic mass is 19.4. The van der Waals surface area contributed by atoms with Crippen LogP contribution in [-0.2, 0) is 10.9 Å². The molecular formula is C24H26F5N5O3. The van der Waals surface area contributed by atoms with Gasteiger partial charge in [0.05, 0.1) is 11.1 Å². The number of carbonyl (C=O) groups excluding carboxylic acids is 1. The first-order chi connectivity index (χ1) is 17.3. The number of alkyl halides is 5. The van der Waals surface area contributed by atoms with Crippen molar-refractivity contribution in [2.24, 2.45) is 0 Å². The van der Waals surface area contributed by atoms with Gasteiger partial charge in [0.2, 0.25) is 5.95 Å². The van der Waals surface area contributed by atoms with Gasteiger partial charge >= 0.3 is 18.9 Å². The van der Waals surface area contributed by atoms with Gasteiger partial charge in [-0.05, 0) is 63.9 Å². The maximum Gasteiger partial charge on any atom is 0.416 e. The summed E-state index contributed by atoms with van der Waals surface area (Å²) in [6.07, 6.45) is -2.02. The maximum atomic E-state index is 13.2. The van der Waals surface area contributed by atoms with Crippen molar-refractivity contribution in [3.05, 3.63) is 42.1 Å². The van der Waals surface area contributed by atoms with Gasteiger partial charge < -0.3 is 19.7 Å². The summed E-state index contributed by atoms with van der Waals surface area (Å²) < 4.78 is 77.0. The Labute approximate surface area is 209 Å². The zero-order valence-electron chi connectivity index (χ0n) is 20.4. The number of ether oxygens (including phenoxy) is 2. The molecule has 3 aromatic rings. The Bertz CT molecular complexity index is 1270. The van der Waals surface area contributed by atoms with E-state index >= 15 is 0 Å². The highest BCUT2D eigenvalue weighted by Crippen LogP contribution is 2.38. The van der Waals surface area contributed by atoms with Gasteiger partial charge in [-0.2, -0.15) is 22.0 Å². The van der Waals surface area contributed by atoms with Crippen molar-refractivity contribution in [3.63, 3.8) is 0 Å². The minimum absolute atomic E-state index is 0.0650. The van der Waals surface area contributed by atoms with Gasteiger partial charge in [0.1, 0.15) is 17.0 Å². The van der Waals surface area contributed by atoms with E-state index in [1.54, 1.807) is 48.4 Å². The lowest BCUT2D eigenvalue weighted by atomic mass is 10.1. The summed E-state index contributed by atoms with van der Waals surface area (Å²) in [5.74, 6) is -0.341. The number of anilines is 1. The van der Waals surface area contributed by atoms with Crippen molar-refractivity contribution in [2.45, 2.75) is 58.0 Å². The number of aromatic nitrogens is 3. The summed E-state index contributed by atoms with van der Waals surface area (Å²) in [6.45, 7) is 2.96. The van der Waals surface area contributed by atoms with Crippen molar-refractivity contribution in [1.29, 1.82) is 0 Å². The van der Waals surface area contributed by atoms with E-state index in [-0.39, 0.29) is 17.3 Å². The van der Waals surface area contributed by atoms with E-state index in [9.17, 15) is 26.7 Å². The lowest BCUT2D eigenvalue weighted by Crippen LogP contribution is -2.47. The van der Waals surface area contributed by atoms with Gasteiger partial charge in [0.25, 0.3) is 0 Å². The van der Waals surface area contributed by atoms with E-state index in [0.29, 0.717) is 30.6 Å². The number of nitrogens with zero attached hydrogens (tertiary/aromatic N) is 4. The Morgan fingerprint density at radius 1 is 1.16 bits per heavy atom. The van der Waals surface area contributed by atoms with E-state index in [1.807, 2.05) is 0 Å². The van der Waals surface area contributed by atoms with Crippen LogP contribution in [0.25, 0.3) is 16.8 Å². The van der Waals surface area contributed by atoms with E-state index < -0.39 is 35.8 Å². The van der Waals surface area contributed by atoms with Crippen LogP contribution in [0.5, 0.6) is 5.75 Å². The van der Waals surface area contributed by atoms with Crippen LogP contribution >= 0.6 is 0 Å². The van der Waals surface area contributed by atoms with Crippen molar-refractivity contribution >= 4 is 17.6 Å². The number of benzene rings is 1. The van der Waals surface area contributed by atoms with Crippen molar-refractivity contribution in [2.75, 3.05) is 18.4 Å². The van der Waals surface area contributed by atoms with Crippen LogP contribution in [0.4, 0.5) is 32.7 Å². The first kappa shape index (κ1) is 26.4. The molecule has 1 aliphatic heterocycles. The Morgan fingerprint density at radius 2 is 1.92 bits per heavy atom. The van der Waals surface area contributed by atoms with Crippen molar-refractivity contribution in [3.8, 4) is 17.0 Å². The molecule has 0 radical (unpaired) electrons. The van der Waals surface area contributed by atoms with Gasteiger partial charge in [0.15, 0.2) is 0 Å². The summed E-state index contributed by atoms with van der Waals surface area (Å²) in [6, 6.07) is 5.45. The summed E-state index contributed by atoms with van der Waals surface area (Å²) in [4.78, 5) is 14.1. The van der Waals surface area contributed by atoms with E-state index in [0.717, 1.165) is 25.0 Å². The topological polar surface area (TPSA) is 81.0 Å². The molecule has 1 aromatic carbocycles. The minimum atomic E-state index is -4.74. The van der Waals surface area contributed by atoms with Crippen LogP contribution in [0.2, 0.25) is 0 Å². The summed E-state index contributed by atoms with van der Waals surface area (Å²) in [5.41, 5.74) is -1.34. The van der Waals surface area contributed by atoms with Gasteiger partial charge in [-0.15, -0.1) is 10.2 Å². The Morgan fingerprint density at radius 3 is 2.59 bits per heavy atom. The number of rotatable bonds is 5. The predicted molar refractivity (Wildman–Crippen MR) is 125 cm³/mol. The largest absolute Gasteiger partial charge is 0.444 e. The molecule has 1 atom stereocenters. The highest BCUT2D eigenvalue weighted by molar-refractivity contribution is 5.81. The quantitative estimate of drug-likeness (QED) is 0.421. The van der Waals surface area contributed by atoms with E-state index in [1.165, 1.54) is 0 Å². The van der Waals surface area contributed by atoms with Gasteiger partial charge in [0, 0.05) is 30.9 Å². The van der Waals surface area contributed by atoms with Crippen LogP contribution in [-0.4, -0.2) is 56.9 Å². The smallest absolute Gasteiger partial charge is 0.416 e. The van der Waals surface area contributed by atoms with Crippen LogP contribution in [0.1, 0.15) is 39.2 Å². The minimum Gasteiger partial charge on any atom is -0.444 e. The van der Waals surface area contributed by atoms with Gasteiger partial charge in [-0.3, -0.25) is 4.40 Å². The van der Waals surface area contributed by atoms with Gasteiger partial charge in [-0.1, -0.05) is 0 Å². The van der Waals surface area contributed by atoms with Crippen LogP contribution in [0.3, 0.4) is 0 Å². The number of amides is 1. The molecule has 0 bridgehead atoms. The Hall–Kier alpha value is -3.64. The Kier molecular flexibility index (Phi) is 7.16. The average Bonchev–Trinajstić information content (AvgIpc) is 3.28. The fourth-order valence-corrected chi connectivity index (χ4v) is 4.10. The third-order valence-corrected chi connectivity index (χ3v) is 5.65. The molecule has 37 heavy (non-hydrogen) atoms. The van der Waals surface area contributed by atoms with Crippen LogP contribution < -0.4 is 10.1 Å². The molecule has 1 fully saturated rings. The molecule has 1 aliphatic rings. The fraction of sp³-hybridized carbons (Fsp3) is 0.458. The molecule has 200 valence electrons. The lowest BCUT2D eigenvalue weighted by molar-refractivity contribution is -0.138. The summed E-state index contributed by atoms with van der Waals surface area (Å²) in [7, 11) is 0. The highest BCUT2D eigenvalue weighted by Gasteiger charge is 2.33. The summed E-state index contributed by atoms with van der Waals surface area (Å²) in [5, 5.41) is 11.6. The standard InChI is InChI=1S/C24H26F5N5O3/c1-23(2,3)37-22(35)33-10-4-6-15(13-33)30-21-32-31-19(17-7-5-11-34(17)21)16-9-8-14(24(27,28)29)12-18(16)36-20(25)26/h5,7-9,11-12,15,20H,4,6,10,13H2,1-3H3,(H,30,32)/t15-/m1/s1. The number of nitrogens with one attached hydrogen (secondary N) is 1. The molecule has 0 saturated carbocycles. The number of hydrogen-bond donors (Lipinski definition) is 1. The molecular weight excluding hydrogens is 501 g/mol. The number of halogens is 5. The zero-order chi connectivity index (χ0) is 27.0. The number of piperidine rings is 1. The third-order valence-electron chi connectivity index (χ3n) is 5.65. The molecule has 2 aromatic heterocycles. The molecule has 0 unspecified atom stereocenters. The lowest BCUT2D eigenvalue weighted by Gasteiger charge is -2.34. The second-order valence-corrected chi connectivity index (χ2v) is 9.63. The normalized spacial score (nSPS) is 16.8. The zero-order valence-corrected chi connectivity index (χ0v) is 20.4. The van der Waals surface area contributed by atoms with Crippen LogP contribution in [0, 0.1) is 0 Å². The monoisotopic (exact) mass is 527 g/mol. The number of fused-ring (bicyclic) bond motifs is 1. The van der Waals surface area contributed by atoms with E-state index in [2.05, 4.69) is 20.3 Å². The molecule has 1 amide bonds. The number of carbonyl (C=O) groups is 1. The number of likely N-dealkylation sites (tertiary alicyclic amines) is 1. The first-order valence-electron chi connectivity index (χ1n) is 11.6. The van der Waals surface area contributed by atoms with Crippen LogP contribution in [0.15, 0.2) is 36.5 Å². The molecule has 3 heterocycles. The molecule has 0 spiro atoms. The van der Waals surface area contributed by atoms with Gasteiger partial charge in [-0.25, -0.2) is 4.79 Å². The average molecular weight is 527 g/mol. The third kappa shape index (κ3) is 6.20. The maximum absolute atomic E-state index is 13.2. The predicted octanol–water partition coefficient (Wildman–Crippen LogP) is 5.83. The molecule has 4 rings (SSSR count). The van der Waals surface area contributed by atoms with Crippen molar-refractivity contribution in [1.82, 2.24) is 19.5 Å². The molecule has 1 saturated heterocycles. The molecule has 0 aliphatic carbocycles. The van der Waals surface area contributed by atoms with Crippen molar-refractivity contribution < 1.29 is 36.2 Å². The second-order valence-electron chi connectivity index (χ2n) is 9.63. The second kappa shape index (κ2) is 10.0. The Balaban J connectivity index is 1.62. The fourth-order valence-electron chi connectivity index (χ4n) is 4.10. The molecule has 13 heteroatoms. The summed E-state index contributed by atoms with van der Waals surface area (Å²) >= 11 is 0. The number of hydrogen-bond acceptors (Lipinski definition) is 6.